The minimum Gasteiger partial charge on any atom is -0.322 e. The fourth-order valence-corrected chi connectivity index (χ4v) is 8.08. The highest BCUT2D eigenvalue weighted by molar-refractivity contribution is 8.00. The molecule has 0 bridgehead atoms. The molecule has 2 aliphatic rings. The fraction of sp³-hybridized carbons (Fsp3) is 0.333. The van der Waals surface area contributed by atoms with Crippen LogP contribution in [0.5, 0.6) is 0 Å². The van der Waals surface area contributed by atoms with E-state index in [1.807, 2.05) is 34.5 Å². The van der Waals surface area contributed by atoms with E-state index in [9.17, 15) is 13.2 Å². The van der Waals surface area contributed by atoms with Crippen LogP contribution in [-0.4, -0.2) is 58.8 Å². The van der Waals surface area contributed by atoms with Crippen LogP contribution in [0.3, 0.4) is 0 Å². The van der Waals surface area contributed by atoms with E-state index in [2.05, 4.69) is 4.98 Å². The van der Waals surface area contributed by atoms with Gasteiger partial charge in [0.05, 0.1) is 15.3 Å². The van der Waals surface area contributed by atoms with Crippen LogP contribution in [0.4, 0.5) is 0 Å². The van der Waals surface area contributed by atoms with E-state index < -0.39 is 10.0 Å². The molecule has 0 N–H and O–H groups in total. The van der Waals surface area contributed by atoms with Crippen LogP contribution < -0.4 is 0 Å². The van der Waals surface area contributed by atoms with E-state index in [4.69, 9.17) is 0 Å². The molecule has 0 radical (unpaired) electrons. The zero-order valence-electron chi connectivity index (χ0n) is 16.2. The number of sulfonamides is 1. The van der Waals surface area contributed by atoms with Crippen molar-refractivity contribution in [3.8, 4) is 0 Å². The van der Waals surface area contributed by atoms with Crippen molar-refractivity contribution in [2.75, 3.05) is 25.4 Å². The molecule has 0 atom stereocenters. The van der Waals surface area contributed by atoms with Gasteiger partial charge in [0.2, 0.25) is 10.0 Å². The first kappa shape index (κ1) is 20.0. The molecule has 6 nitrogen and oxygen atoms in total. The molecule has 0 unspecified atom stereocenters. The Morgan fingerprint density at radius 2 is 1.83 bits per heavy atom. The number of carbonyl (C=O) groups is 1. The van der Waals surface area contributed by atoms with Crippen molar-refractivity contribution in [1.29, 1.82) is 0 Å². The van der Waals surface area contributed by atoms with E-state index in [1.54, 1.807) is 40.5 Å². The molecule has 1 aromatic carbocycles. The number of hydrogen-bond donors (Lipinski definition) is 0. The standard InChI is InChI=1S/C21H21N3O3S3/c25-20(17-6-3-14-28-17)24-13-15-29-21(24)8-11-23(12-9-21)30(26,27)18-7-1-4-16-5-2-10-22-19(16)18/h1-7,10,14H,8-9,11-13,15H2. The van der Waals surface area contributed by atoms with Gasteiger partial charge in [0.15, 0.2) is 0 Å². The Hall–Kier alpha value is -1.94. The molecular formula is C21H21N3O3S3. The van der Waals surface area contributed by atoms with Crippen LogP contribution in [0, 0.1) is 0 Å². The van der Waals surface area contributed by atoms with E-state index in [0.29, 0.717) is 38.0 Å². The lowest BCUT2D eigenvalue weighted by Crippen LogP contribution is -2.53. The molecule has 30 heavy (non-hydrogen) atoms. The molecule has 0 saturated carbocycles. The van der Waals surface area contributed by atoms with Gasteiger partial charge in [-0.3, -0.25) is 9.78 Å². The predicted octanol–water partition coefficient (Wildman–Crippen LogP) is 3.67. The van der Waals surface area contributed by atoms with Gasteiger partial charge in [0.1, 0.15) is 4.90 Å². The third-order valence-corrected chi connectivity index (χ3v) is 10.2. The summed E-state index contributed by atoms with van der Waals surface area (Å²) in [5, 5.41) is 2.72. The molecule has 1 amide bonds. The summed E-state index contributed by atoms with van der Waals surface area (Å²) in [4.78, 5) is 20.0. The van der Waals surface area contributed by atoms with E-state index in [0.717, 1.165) is 16.0 Å². The maximum Gasteiger partial charge on any atom is 0.265 e. The summed E-state index contributed by atoms with van der Waals surface area (Å²) >= 11 is 3.24. The van der Waals surface area contributed by atoms with Crippen molar-refractivity contribution in [3.05, 3.63) is 58.9 Å². The topological polar surface area (TPSA) is 70.6 Å². The lowest BCUT2D eigenvalue weighted by Gasteiger charge is -2.43. The predicted molar refractivity (Wildman–Crippen MR) is 120 cm³/mol. The highest BCUT2D eigenvalue weighted by Gasteiger charge is 2.48. The molecule has 2 aliphatic heterocycles. The highest BCUT2D eigenvalue weighted by Crippen LogP contribution is 2.45. The first-order valence-electron chi connectivity index (χ1n) is 9.85. The first-order chi connectivity index (χ1) is 14.5. The maximum absolute atomic E-state index is 13.4. The quantitative estimate of drug-likeness (QED) is 0.598. The third-order valence-electron chi connectivity index (χ3n) is 5.87. The Kier molecular flexibility index (Phi) is 5.09. The maximum atomic E-state index is 13.4. The second kappa shape index (κ2) is 7.64. The molecule has 0 aliphatic carbocycles. The van der Waals surface area contributed by atoms with Gasteiger partial charge in [0.25, 0.3) is 5.91 Å². The van der Waals surface area contributed by atoms with E-state index in [1.165, 1.54) is 11.3 Å². The number of hydrogen-bond acceptors (Lipinski definition) is 6. The summed E-state index contributed by atoms with van der Waals surface area (Å²) in [5.41, 5.74) is 0.505. The minimum atomic E-state index is -3.66. The molecule has 9 heteroatoms. The normalized spacial score (nSPS) is 19.5. The SMILES string of the molecule is O=C(c1cccs1)N1CCSC12CCN(S(=O)(=O)c1cccc3cccnc13)CC2. The number of pyridine rings is 1. The minimum absolute atomic E-state index is 0.0598. The molecule has 3 aromatic rings. The number of aromatic nitrogens is 1. The molecular weight excluding hydrogens is 438 g/mol. The Balaban J connectivity index is 1.39. The smallest absolute Gasteiger partial charge is 0.265 e. The summed E-state index contributed by atoms with van der Waals surface area (Å²) in [6, 6.07) is 12.7. The largest absolute Gasteiger partial charge is 0.322 e. The van der Waals surface area contributed by atoms with Gasteiger partial charge in [-0.15, -0.1) is 23.1 Å². The molecule has 2 aromatic heterocycles. The van der Waals surface area contributed by atoms with E-state index >= 15 is 0 Å². The monoisotopic (exact) mass is 459 g/mol. The summed E-state index contributed by atoms with van der Waals surface area (Å²) in [6.45, 7) is 1.50. The number of fused-ring (bicyclic) bond motifs is 1. The van der Waals surface area contributed by atoms with Crippen molar-refractivity contribution in [3.63, 3.8) is 0 Å². The Morgan fingerprint density at radius 1 is 1.03 bits per heavy atom. The van der Waals surface area contributed by atoms with Gasteiger partial charge < -0.3 is 4.90 Å². The number of nitrogens with zero attached hydrogens (tertiary/aromatic N) is 3. The van der Waals surface area contributed by atoms with Gasteiger partial charge in [-0.05, 0) is 36.4 Å². The van der Waals surface area contributed by atoms with Crippen LogP contribution >= 0.6 is 23.1 Å². The van der Waals surface area contributed by atoms with Crippen molar-refractivity contribution >= 4 is 49.9 Å². The molecule has 2 fully saturated rings. The summed E-state index contributed by atoms with van der Waals surface area (Å²) < 4.78 is 28.4. The van der Waals surface area contributed by atoms with E-state index in [-0.39, 0.29) is 15.7 Å². The second-order valence-corrected chi connectivity index (χ2v) is 11.8. The average Bonchev–Trinajstić information content (AvgIpc) is 3.44. The van der Waals surface area contributed by atoms with Gasteiger partial charge in [-0.2, -0.15) is 4.31 Å². The number of benzene rings is 1. The summed E-state index contributed by atoms with van der Waals surface area (Å²) in [7, 11) is -3.66. The van der Waals surface area contributed by atoms with Gasteiger partial charge in [-0.25, -0.2) is 8.42 Å². The van der Waals surface area contributed by atoms with Crippen molar-refractivity contribution in [2.24, 2.45) is 0 Å². The lowest BCUT2D eigenvalue weighted by molar-refractivity contribution is 0.0610. The van der Waals surface area contributed by atoms with Gasteiger partial charge >= 0.3 is 0 Å². The van der Waals surface area contributed by atoms with Crippen LogP contribution in [0.1, 0.15) is 22.5 Å². The number of para-hydroxylation sites is 1. The number of amides is 1. The second-order valence-electron chi connectivity index (χ2n) is 7.46. The Morgan fingerprint density at radius 3 is 2.60 bits per heavy atom. The van der Waals surface area contributed by atoms with Gasteiger partial charge in [-0.1, -0.05) is 24.3 Å². The molecule has 4 heterocycles. The number of carbonyl (C=O) groups excluding carboxylic acids is 1. The number of rotatable bonds is 3. The van der Waals surface area contributed by atoms with Crippen LogP contribution in [0.25, 0.3) is 10.9 Å². The van der Waals surface area contributed by atoms with Gasteiger partial charge in [0, 0.05) is 37.0 Å². The van der Waals surface area contributed by atoms with Crippen LogP contribution in [0.15, 0.2) is 58.9 Å². The molecule has 1 spiro atoms. The fourth-order valence-electron chi connectivity index (χ4n) is 4.34. The number of piperidine rings is 1. The van der Waals surface area contributed by atoms with Crippen LogP contribution in [-0.2, 0) is 10.0 Å². The van der Waals surface area contributed by atoms with Crippen molar-refractivity contribution < 1.29 is 13.2 Å². The van der Waals surface area contributed by atoms with Crippen molar-refractivity contribution in [2.45, 2.75) is 22.6 Å². The first-order valence-corrected chi connectivity index (χ1v) is 13.2. The number of thiophene rings is 1. The zero-order valence-corrected chi connectivity index (χ0v) is 18.7. The summed E-state index contributed by atoms with van der Waals surface area (Å²) in [6.07, 6.45) is 2.88. The average molecular weight is 460 g/mol. The molecule has 2 saturated heterocycles. The van der Waals surface area contributed by atoms with Crippen molar-refractivity contribution in [1.82, 2.24) is 14.2 Å². The summed E-state index contributed by atoms with van der Waals surface area (Å²) in [5.74, 6) is 0.946. The molecule has 5 rings (SSSR count). The Bertz CT molecular complexity index is 1180. The molecule has 156 valence electrons. The highest BCUT2D eigenvalue weighted by atomic mass is 32.2. The lowest BCUT2D eigenvalue weighted by atomic mass is 10.0. The zero-order chi connectivity index (χ0) is 20.8. The van der Waals surface area contributed by atoms with Crippen LogP contribution in [0.2, 0.25) is 0 Å². The number of thioether (sulfide) groups is 1. The third kappa shape index (κ3) is 3.24. The Labute approximate surface area is 184 Å².